The van der Waals surface area contributed by atoms with Gasteiger partial charge in [-0.05, 0) is 75.6 Å². The maximum Gasteiger partial charge on any atom is 0.146 e. The second-order valence-electron chi connectivity index (χ2n) is 11.8. The number of Topliss-reactive ketones (excluding diaryl/α,β-unsaturated/α-hetero) is 1. The van der Waals surface area contributed by atoms with E-state index in [9.17, 15) is 15.0 Å². The van der Waals surface area contributed by atoms with Gasteiger partial charge in [0.25, 0.3) is 0 Å². The topological polar surface area (TPSA) is 76.0 Å². The van der Waals surface area contributed by atoms with Gasteiger partial charge in [0.05, 0.1) is 30.3 Å². The molecule has 1 spiro atoms. The SMILES string of the molecule is C=C(C)[C@@H](Cc1cc(OC)cc(C)c1O)C(=O)[C@H]1[C@]2(C)CCC[C@]2(C)[C@@]12C[C@H](O)C(C)(C)O2. The van der Waals surface area contributed by atoms with Gasteiger partial charge in [0.2, 0.25) is 0 Å². The molecule has 3 fully saturated rings. The van der Waals surface area contributed by atoms with Crippen molar-refractivity contribution in [1.82, 2.24) is 0 Å². The Morgan fingerprint density at radius 2 is 1.94 bits per heavy atom. The number of ketones is 1. The number of carbonyl (C=O) groups is 1. The fourth-order valence-electron chi connectivity index (χ4n) is 7.48. The quantitative estimate of drug-likeness (QED) is 0.580. The highest BCUT2D eigenvalue weighted by Crippen LogP contribution is 2.79. The summed E-state index contributed by atoms with van der Waals surface area (Å²) >= 11 is 0. The van der Waals surface area contributed by atoms with Gasteiger partial charge in [-0.15, -0.1) is 0 Å². The van der Waals surface area contributed by atoms with E-state index in [1.807, 2.05) is 33.8 Å². The van der Waals surface area contributed by atoms with Crippen molar-refractivity contribution in [2.24, 2.45) is 22.7 Å². The minimum absolute atomic E-state index is 0.120. The van der Waals surface area contributed by atoms with Crippen LogP contribution in [-0.4, -0.2) is 40.4 Å². The lowest BCUT2D eigenvalue weighted by Gasteiger charge is -2.70. The van der Waals surface area contributed by atoms with Crippen molar-refractivity contribution in [3.8, 4) is 11.5 Å². The molecule has 1 aromatic rings. The Balaban J connectivity index is 1.74. The number of aliphatic hydroxyl groups excluding tert-OH is 1. The molecule has 0 radical (unpaired) electrons. The predicted molar refractivity (Wildman–Crippen MR) is 128 cm³/mol. The van der Waals surface area contributed by atoms with E-state index in [4.69, 9.17) is 9.47 Å². The third kappa shape index (κ3) is 3.15. The number of fused-ring (bicyclic) bond motifs is 2. The Bertz CT molecular complexity index is 996. The molecule has 1 aliphatic heterocycles. The first kappa shape index (κ1) is 24.3. The summed E-state index contributed by atoms with van der Waals surface area (Å²) in [6, 6.07) is 3.60. The summed E-state index contributed by atoms with van der Waals surface area (Å²) in [5.41, 5.74) is 0.506. The maximum absolute atomic E-state index is 14.4. The number of aryl methyl sites for hydroxylation is 1. The van der Waals surface area contributed by atoms with Gasteiger partial charge in [-0.25, -0.2) is 0 Å². The van der Waals surface area contributed by atoms with Crippen LogP contribution in [0, 0.1) is 29.6 Å². The standard InChI is InChI=1S/C28H40O5/c1-16(2)20(14-18-13-19(32-8)12-17(3)22(18)30)23(31)24-26(6)10-9-11-27(26,7)28(24)15-21(29)25(4,5)33-28/h12-13,20-21,24,29-30H,1,9-11,14-15H2,2-8H3/t20-,21+,24+,26+,27+,28-/m1/s1. The van der Waals surface area contributed by atoms with Gasteiger partial charge < -0.3 is 19.7 Å². The number of ether oxygens (including phenoxy) is 2. The molecule has 0 amide bonds. The van der Waals surface area contributed by atoms with Crippen LogP contribution in [-0.2, 0) is 16.0 Å². The molecule has 1 heterocycles. The molecule has 6 atom stereocenters. The molecule has 2 saturated carbocycles. The average molecular weight is 457 g/mol. The number of aromatic hydroxyl groups is 1. The summed E-state index contributed by atoms with van der Waals surface area (Å²) in [5.74, 6) is 0.214. The number of carbonyl (C=O) groups excluding carboxylic acids is 1. The third-order valence-corrected chi connectivity index (χ3v) is 9.65. The Kier molecular flexibility index (Phi) is 5.57. The summed E-state index contributed by atoms with van der Waals surface area (Å²) in [5, 5.41) is 21.6. The molecule has 0 aromatic heterocycles. The molecule has 3 aliphatic rings. The second-order valence-corrected chi connectivity index (χ2v) is 11.8. The zero-order valence-corrected chi connectivity index (χ0v) is 21.2. The first-order chi connectivity index (χ1) is 15.2. The molecule has 5 heteroatoms. The molecule has 1 aromatic carbocycles. The monoisotopic (exact) mass is 456 g/mol. The fraction of sp³-hybridized carbons (Fsp3) is 0.679. The average Bonchev–Trinajstić information content (AvgIpc) is 3.14. The van der Waals surface area contributed by atoms with E-state index in [0.717, 1.165) is 30.4 Å². The lowest BCUT2D eigenvalue weighted by atomic mass is 9.36. The van der Waals surface area contributed by atoms with Crippen LogP contribution in [0.2, 0.25) is 0 Å². The minimum Gasteiger partial charge on any atom is -0.507 e. The van der Waals surface area contributed by atoms with Crippen molar-refractivity contribution in [3.63, 3.8) is 0 Å². The highest BCUT2D eigenvalue weighted by atomic mass is 16.6. The molecule has 0 bridgehead atoms. The Morgan fingerprint density at radius 3 is 2.48 bits per heavy atom. The molecule has 2 N–H and O–H groups in total. The van der Waals surface area contributed by atoms with E-state index in [1.54, 1.807) is 13.2 Å². The zero-order valence-electron chi connectivity index (χ0n) is 21.2. The smallest absolute Gasteiger partial charge is 0.146 e. The lowest BCUT2D eigenvalue weighted by Crippen LogP contribution is -2.75. The van der Waals surface area contributed by atoms with Crippen molar-refractivity contribution >= 4 is 5.78 Å². The van der Waals surface area contributed by atoms with Gasteiger partial charge in [0, 0.05) is 17.8 Å². The van der Waals surface area contributed by atoms with Gasteiger partial charge in [-0.3, -0.25) is 4.79 Å². The van der Waals surface area contributed by atoms with Gasteiger partial charge in [-0.1, -0.05) is 32.4 Å². The Labute approximate surface area is 198 Å². The summed E-state index contributed by atoms with van der Waals surface area (Å²) in [4.78, 5) is 14.4. The third-order valence-electron chi connectivity index (χ3n) is 9.65. The van der Waals surface area contributed by atoms with Crippen molar-refractivity contribution in [2.45, 2.75) is 91.0 Å². The van der Waals surface area contributed by atoms with Crippen molar-refractivity contribution in [2.75, 3.05) is 7.11 Å². The predicted octanol–water partition coefficient (Wildman–Crippen LogP) is 5.14. The lowest BCUT2D eigenvalue weighted by molar-refractivity contribution is -0.305. The van der Waals surface area contributed by atoms with E-state index in [1.165, 1.54) is 0 Å². The first-order valence-corrected chi connectivity index (χ1v) is 12.2. The van der Waals surface area contributed by atoms with Crippen molar-refractivity contribution < 1.29 is 24.5 Å². The zero-order chi connectivity index (χ0) is 24.6. The first-order valence-electron chi connectivity index (χ1n) is 12.2. The van der Waals surface area contributed by atoms with Crippen molar-refractivity contribution in [1.29, 1.82) is 0 Å². The van der Waals surface area contributed by atoms with E-state index in [-0.39, 0.29) is 28.3 Å². The normalized spacial score (nSPS) is 37.5. The van der Waals surface area contributed by atoms with Crippen LogP contribution >= 0.6 is 0 Å². The number of rotatable bonds is 6. The Morgan fingerprint density at radius 1 is 1.27 bits per heavy atom. The number of phenols is 1. The molecule has 4 rings (SSSR count). The summed E-state index contributed by atoms with van der Waals surface area (Å²) in [6.45, 7) is 16.2. The summed E-state index contributed by atoms with van der Waals surface area (Å²) < 4.78 is 12.1. The summed E-state index contributed by atoms with van der Waals surface area (Å²) in [7, 11) is 1.60. The number of aliphatic hydroxyl groups is 1. The fourth-order valence-corrected chi connectivity index (χ4v) is 7.48. The molecule has 33 heavy (non-hydrogen) atoms. The molecular formula is C28H40O5. The molecule has 2 aliphatic carbocycles. The largest absolute Gasteiger partial charge is 0.507 e. The van der Waals surface area contributed by atoms with E-state index in [0.29, 0.717) is 24.2 Å². The van der Waals surface area contributed by atoms with Gasteiger partial charge in [-0.2, -0.15) is 0 Å². The van der Waals surface area contributed by atoms with Crippen LogP contribution in [0.3, 0.4) is 0 Å². The Hall–Kier alpha value is -1.85. The van der Waals surface area contributed by atoms with Gasteiger partial charge in [0.15, 0.2) is 0 Å². The number of allylic oxidation sites excluding steroid dienone is 1. The van der Waals surface area contributed by atoms with Gasteiger partial charge >= 0.3 is 0 Å². The molecule has 5 nitrogen and oxygen atoms in total. The van der Waals surface area contributed by atoms with Crippen LogP contribution in [0.1, 0.15) is 71.4 Å². The molecular weight excluding hydrogens is 416 g/mol. The van der Waals surface area contributed by atoms with E-state index in [2.05, 4.69) is 20.4 Å². The van der Waals surface area contributed by atoms with Crippen LogP contribution in [0.5, 0.6) is 11.5 Å². The van der Waals surface area contributed by atoms with Gasteiger partial charge in [0.1, 0.15) is 17.3 Å². The van der Waals surface area contributed by atoms with Crippen LogP contribution in [0.15, 0.2) is 24.3 Å². The van der Waals surface area contributed by atoms with Crippen LogP contribution < -0.4 is 4.74 Å². The molecule has 1 saturated heterocycles. The molecule has 0 unspecified atom stereocenters. The highest BCUT2D eigenvalue weighted by Gasteiger charge is 2.82. The maximum atomic E-state index is 14.4. The minimum atomic E-state index is -0.688. The van der Waals surface area contributed by atoms with Crippen molar-refractivity contribution in [3.05, 3.63) is 35.4 Å². The van der Waals surface area contributed by atoms with Crippen LogP contribution in [0.25, 0.3) is 0 Å². The number of hydrogen-bond donors (Lipinski definition) is 2. The second kappa shape index (κ2) is 7.58. The number of methoxy groups -OCH3 is 1. The number of phenolic OH excluding ortho intramolecular Hbond substituents is 1. The highest BCUT2D eigenvalue weighted by molar-refractivity contribution is 5.90. The van der Waals surface area contributed by atoms with Crippen LogP contribution in [0.4, 0.5) is 0 Å². The van der Waals surface area contributed by atoms with E-state index >= 15 is 0 Å². The molecule has 182 valence electrons. The summed E-state index contributed by atoms with van der Waals surface area (Å²) in [6.07, 6.45) is 3.28. The van der Waals surface area contributed by atoms with E-state index < -0.39 is 23.2 Å². The number of benzene rings is 1. The number of hydrogen-bond acceptors (Lipinski definition) is 5.